The van der Waals surface area contributed by atoms with Crippen LogP contribution in [0.5, 0.6) is 0 Å². The monoisotopic (exact) mass is 328 g/mol. The van der Waals surface area contributed by atoms with Crippen molar-refractivity contribution in [2.24, 2.45) is 0 Å². The molecule has 3 rings (SSSR count). The Kier molecular flexibility index (Phi) is 4.21. The van der Waals surface area contributed by atoms with Crippen LogP contribution in [-0.4, -0.2) is 5.11 Å². The largest absolute Gasteiger partial charge is 0.376 e. The minimum absolute atomic E-state index is 0.635. The van der Waals surface area contributed by atoms with Crippen LogP contribution in [0.1, 0.15) is 16.7 Å². The summed E-state index contributed by atoms with van der Waals surface area (Å²) in [5.41, 5.74) is 1.05. The van der Waals surface area contributed by atoms with Gasteiger partial charge in [-0.05, 0) is 41.0 Å². The Morgan fingerprint density at radius 3 is 1.32 bits per heavy atom. The molecule has 0 aliphatic rings. The first-order chi connectivity index (χ1) is 10.6. The van der Waals surface area contributed by atoms with Gasteiger partial charge in [-0.25, -0.2) is 0 Å². The van der Waals surface area contributed by atoms with Gasteiger partial charge in [-0.1, -0.05) is 77.8 Å². The molecule has 0 spiro atoms. The second-order valence-electron chi connectivity index (χ2n) is 5.09. The number of halogens is 2. The first kappa shape index (κ1) is 15.1. The van der Waals surface area contributed by atoms with Crippen molar-refractivity contribution >= 4 is 23.2 Å². The van der Waals surface area contributed by atoms with E-state index in [2.05, 4.69) is 0 Å². The summed E-state index contributed by atoms with van der Waals surface area (Å²) in [5, 5.41) is 12.8. The average Bonchev–Trinajstić information content (AvgIpc) is 2.56. The van der Waals surface area contributed by atoms with Crippen LogP contribution in [0.25, 0.3) is 0 Å². The van der Waals surface area contributed by atoms with Crippen LogP contribution < -0.4 is 0 Å². The van der Waals surface area contributed by atoms with Crippen molar-refractivity contribution in [1.82, 2.24) is 0 Å². The zero-order valence-electron chi connectivity index (χ0n) is 11.7. The van der Waals surface area contributed by atoms with E-state index < -0.39 is 5.60 Å². The number of benzene rings is 3. The third-order valence-corrected chi connectivity index (χ3v) is 4.22. The van der Waals surface area contributed by atoms with E-state index in [0.29, 0.717) is 10.0 Å². The summed E-state index contributed by atoms with van der Waals surface area (Å²) in [6.07, 6.45) is 0. The van der Waals surface area contributed by atoms with Gasteiger partial charge in [-0.15, -0.1) is 0 Å². The minimum atomic E-state index is -1.25. The molecule has 0 saturated carbocycles. The maximum Gasteiger partial charge on any atom is 0.140 e. The minimum Gasteiger partial charge on any atom is -0.376 e. The summed E-state index contributed by atoms with van der Waals surface area (Å²) >= 11 is 12.0. The summed E-state index contributed by atoms with van der Waals surface area (Å²) in [6, 6.07) is 24.0. The Hall–Kier alpha value is -1.80. The summed E-state index contributed by atoms with van der Waals surface area (Å²) in [5.74, 6) is 0. The van der Waals surface area contributed by atoms with Crippen LogP contribution in [-0.2, 0) is 5.60 Å². The van der Waals surface area contributed by atoms with Gasteiger partial charge in [0.25, 0.3) is 0 Å². The van der Waals surface area contributed by atoms with Crippen LogP contribution in [0, 0.1) is 0 Å². The van der Waals surface area contributed by atoms with Crippen molar-refractivity contribution in [3.8, 4) is 0 Å². The topological polar surface area (TPSA) is 20.2 Å². The lowest BCUT2D eigenvalue weighted by molar-refractivity contribution is 0.125. The molecule has 3 aromatic carbocycles. The smallest absolute Gasteiger partial charge is 0.140 e. The fourth-order valence-corrected chi connectivity index (χ4v) is 2.81. The predicted octanol–water partition coefficient (Wildman–Crippen LogP) is 5.28. The summed E-state index contributed by atoms with van der Waals surface area (Å²) in [6.45, 7) is 0. The normalized spacial score (nSPS) is 11.4. The van der Waals surface area contributed by atoms with Crippen molar-refractivity contribution in [1.29, 1.82) is 0 Å². The van der Waals surface area contributed by atoms with Gasteiger partial charge >= 0.3 is 0 Å². The molecule has 0 radical (unpaired) electrons. The van der Waals surface area contributed by atoms with Crippen molar-refractivity contribution < 1.29 is 5.11 Å². The van der Waals surface area contributed by atoms with E-state index in [1.165, 1.54) is 0 Å². The Balaban J connectivity index is 2.22. The molecule has 0 aliphatic carbocycles. The highest BCUT2D eigenvalue weighted by Gasteiger charge is 2.33. The van der Waals surface area contributed by atoms with E-state index in [1.807, 2.05) is 54.6 Å². The van der Waals surface area contributed by atoms with Crippen molar-refractivity contribution in [2.75, 3.05) is 0 Å². The number of aliphatic hydroxyl groups is 1. The zero-order valence-corrected chi connectivity index (χ0v) is 13.2. The molecule has 0 saturated heterocycles. The molecule has 0 unspecified atom stereocenters. The highest BCUT2D eigenvalue weighted by molar-refractivity contribution is 6.30. The standard InChI is InChI=1S/C19H14Cl2O/c20-17-10-6-15(7-11-17)19(22,14-4-2-1-3-5-14)16-8-12-18(21)13-9-16/h1-13,22H. The molecule has 0 aromatic heterocycles. The highest BCUT2D eigenvalue weighted by Crippen LogP contribution is 2.37. The molecule has 1 N–H and O–H groups in total. The molecule has 3 aromatic rings. The molecule has 0 bridgehead atoms. The first-order valence-corrected chi connectivity index (χ1v) is 7.66. The quantitative estimate of drug-likeness (QED) is 0.648. The van der Waals surface area contributed by atoms with Gasteiger partial charge in [-0.3, -0.25) is 0 Å². The van der Waals surface area contributed by atoms with Crippen LogP contribution in [0.3, 0.4) is 0 Å². The molecule has 22 heavy (non-hydrogen) atoms. The van der Waals surface area contributed by atoms with E-state index >= 15 is 0 Å². The van der Waals surface area contributed by atoms with Gasteiger partial charge in [0, 0.05) is 10.0 Å². The third-order valence-electron chi connectivity index (χ3n) is 3.72. The van der Waals surface area contributed by atoms with Gasteiger partial charge in [0.05, 0.1) is 0 Å². The lowest BCUT2D eigenvalue weighted by Gasteiger charge is -2.30. The maximum absolute atomic E-state index is 11.5. The van der Waals surface area contributed by atoms with Gasteiger partial charge in [-0.2, -0.15) is 0 Å². The van der Waals surface area contributed by atoms with Gasteiger partial charge in [0.1, 0.15) is 5.60 Å². The van der Waals surface area contributed by atoms with E-state index in [4.69, 9.17) is 23.2 Å². The molecule has 110 valence electrons. The maximum atomic E-state index is 11.5. The molecular formula is C19H14Cl2O. The fraction of sp³-hybridized carbons (Fsp3) is 0.0526. The second kappa shape index (κ2) is 6.13. The van der Waals surface area contributed by atoms with Crippen molar-refractivity contribution in [2.45, 2.75) is 5.60 Å². The SMILES string of the molecule is OC(c1ccccc1)(c1ccc(Cl)cc1)c1ccc(Cl)cc1. The van der Waals surface area contributed by atoms with Crippen molar-refractivity contribution in [3.05, 3.63) is 106 Å². The number of hydrogen-bond donors (Lipinski definition) is 1. The zero-order chi connectivity index (χ0) is 15.6. The van der Waals surface area contributed by atoms with E-state index in [0.717, 1.165) is 16.7 Å². The van der Waals surface area contributed by atoms with Gasteiger partial charge < -0.3 is 5.11 Å². The second-order valence-corrected chi connectivity index (χ2v) is 5.96. The molecule has 0 aliphatic heterocycles. The molecule has 3 heteroatoms. The van der Waals surface area contributed by atoms with Crippen LogP contribution >= 0.6 is 23.2 Å². The molecule has 0 amide bonds. The Morgan fingerprint density at radius 2 is 0.909 bits per heavy atom. The Morgan fingerprint density at radius 1 is 0.545 bits per heavy atom. The Bertz CT molecular complexity index is 704. The number of hydrogen-bond acceptors (Lipinski definition) is 1. The predicted molar refractivity (Wildman–Crippen MR) is 91.4 cm³/mol. The molecule has 1 nitrogen and oxygen atoms in total. The fourth-order valence-electron chi connectivity index (χ4n) is 2.56. The van der Waals surface area contributed by atoms with E-state index in [1.54, 1.807) is 24.3 Å². The average molecular weight is 329 g/mol. The number of rotatable bonds is 3. The van der Waals surface area contributed by atoms with Crippen LogP contribution in [0.15, 0.2) is 78.9 Å². The van der Waals surface area contributed by atoms with E-state index in [-0.39, 0.29) is 0 Å². The summed E-state index contributed by atoms with van der Waals surface area (Å²) < 4.78 is 0. The van der Waals surface area contributed by atoms with E-state index in [9.17, 15) is 5.11 Å². The molecular weight excluding hydrogens is 315 g/mol. The molecule has 0 heterocycles. The lowest BCUT2D eigenvalue weighted by Crippen LogP contribution is -2.28. The summed E-state index contributed by atoms with van der Waals surface area (Å²) in [7, 11) is 0. The highest BCUT2D eigenvalue weighted by atomic mass is 35.5. The molecule has 0 atom stereocenters. The third kappa shape index (κ3) is 2.76. The first-order valence-electron chi connectivity index (χ1n) is 6.90. The van der Waals surface area contributed by atoms with Crippen LogP contribution in [0.2, 0.25) is 10.0 Å². The summed E-state index contributed by atoms with van der Waals surface area (Å²) in [4.78, 5) is 0. The van der Waals surface area contributed by atoms with Gasteiger partial charge in [0.2, 0.25) is 0 Å². The van der Waals surface area contributed by atoms with Crippen LogP contribution in [0.4, 0.5) is 0 Å². The molecule has 0 fully saturated rings. The lowest BCUT2D eigenvalue weighted by atomic mass is 9.80. The van der Waals surface area contributed by atoms with Crippen molar-refractivity contribution in [3.63, 3.8) is 0 Å². The Labute approximate surface area is 139 Å². The van der Waals surface area contributed by atoms with Gasteiger partial charge in [0.15, 0.2) is 0 Å².